The summed E-state index contributed by atoms with van der Waals surface area (Å²) in [6.45, 7) is 3.90. The molecule has 0 amide bonds. The van der Waals surface area contributed by atoms with Crippen LogP contribution in [-0.2, 0) is 28.5 Å². The molecule has 0 unspecified atom stereocenters. The minimum atomic E-state index is -4.37. The lowest BCUT2D eigenvalue weighted by Crippen LogP contribution is -2.07. The van der Waals surface area contributed by atoms with Crippen LogP contribution in [0.2, 0.25) is 0 Å². The first kappa shape index (κ1) is 16.7. The molecule has 0 spiro atoms. The molecule has 0 aliphatic heterocycles. The van der Waals surface area contributed by atoms with Gasteiger partial charge in [-0.1, -0.05) is 42.0 Å². The van der Waals surface area contributed by atoms with E-state index in [-0.39, 0.29) is 5.75 Å². The molecule has 2 rings (SSSR count). The van der Waals surface area contributed by atoms with Crippen LogP contribution in [0.3, 0.4) is 0 Å². The van der Waals surface area contributed by atoms with Gasteiger partial charge in [0.1, 0.15) is 0 Å². The van der Waals surface area contributed by atoms with Crippen molar-refractivity contribution in [2.45, 2.75) is 31.5 Å². The molecule has 0 fully saturated rings. The van der Waals surface area contributed by atoms with Gasteiger partial charge in [-0.25, -0.2) is 0 Å². The van der Waals surface area contributed by atoms with Crippen LogP contribution < -0.4 is 0 Å². The lowest BCUT2D eigenvalue weighted by Gasteiger charge is -2.10. The predicted octanol–water partition coefficient (Wildman–Crippen LogP) is 4.77. The molecule has 0 bridgehead atoms. The molecule has 0 radical (unpaired) electrons. The van der Waals surface area contributed by atoms with Crippen LogP contribution in [0, 0.1) is 13.8 Å². The second kappa shape index (κ2) is 6.65. The predicted molar refractivity (Wildman–Crippen MR) is 82.9 cm³/mol. The molecular weight excluding hydrogens is 309 g/mol. The number of alkyl halides is 3. The van der Waals surface area contributed by atoms with Crippen molar-refractivity contribution in [3.63, 3.8) is 0 Å². The maximum Gasteiger partial charge on any atom is 0.416 e. The van der Waals surface area contributed by atoms with Crippen LogP contribution in [0.1, 0.15) is 27.8 Å². The third-order valence-electron chi connectivity index (χ3n) is 3.40. The number of benzene rings is 2. The van der Waals surface area contributed by atoms with Gasteiger partial charge in [0.05, 0.1) is 5.56 Å². The van der Waals surface area contributed by atoms with E-state index in [2.05, 4.69) is 0 Å². The Bertz CT molecular complexity index is 693. The number of hydrogen-bond acceptors (Lipinski definition) is 1. The van der Waals surface area contributed by atoms with Crippen molar-refractivity contribution >= 4 is 10.8 Å². The summed E-state index contributed by atoms with van der Waals surface area (Å²) >= 11 is 0. The van der Waals surface area contributed by atoms with Crippen molar-refractivity contribution in [3.8, 4) is 0 Å². The van der Waals surface area contributed by atoms with Crippen LogP contribution in [0.25, 0.3) is 0 Å². The van der Waals surface area contributed by atoms with E-state index in [1.54, 1.807) is 6.07 Å². The van der Waals surface area contributed by atoms with E-state index < -0.39 is 22.5 Å². The summed E-state index contributed by atoms with van der Waals surface area (Å²) in [5.41, 5.74) is 2.84. The van der Waals surface area contributed by atoms with E-state index >= 15 is 0 Å². The second-order valence-corrected chi connectivity index (χ2v) is 6.81. The molecular formula is C17H17F3OS. The molecule has 2 aromatic carbocycles. The van der Waals surface area contributed by atoms with E-state index in [0.717, 1.165) is 28.8 Å². The fraction of sp³-hybridized carbons (Fsp3) is 0.294. The van der Waals surface area contributed by atoms with Crippen molar-refractivity contribution < 1.29 is 17.4 Å². The number of halogens is 3. The zero-order chi connectivity index (χ0) is 16.3. The Kier molecular flexibility index (Phi) is 5.06. The summed E-state index contributed by atoms with van der Waals surface area (Å²) in [5.74, 6) is 0.473. The van der Waals surface area contributed by atoms with Crippen molar-refractivity contribution in [1.82, 2.24) is 0 Å². The van der Waals surface area contributed by atoms with Crippen molar-refractivity contribution in [3.05, 3.63) is 70.3 Å². The summed E-state index contributed by atoms with van der Waals surface area (Å²) < 4.78 is 50.3. The summed E-state index contributed by atoms with van der Waals surface area (Å²) in [7, 11) is -1.24. The van der Waals surface area contributed by atoms with Crippen LogP contribution in [-0.4, -0.2) is 4.21 Å². The summed E-state index contributed by atoms with van der Waals surface area (Å²) in [6, 6.07) is 10.9. The molecule has 1 atom stereocenters. The van der Waals surface area contributed by atoms with E-state index in [1.807, 2.05) is 32.0 Å². The lowest BCUT2D eigenvalue weighted by atomic mass is 10.1. The van der Waals surface area contributed by atoms with Crippen molar-refractivity contribution in [2.24, 2.45) is 0 Å². The summed E-state index contributed by atoms with van der Waals surface area (Å²) in [6.07, 6.45) is -4.37. The first-order valence-corrected chi connectivity index (χ1v) is 8.32. The van der Waals surface area contributed by atoms with Gasteiger partial charge in [-0.2, -0.15) is 13.2 Å². The zero-order valence-corrected chi connectivity index (χ0v) is 13.2. The molecule has 1 nitrogen and oxygen atoms in total. The van der Waals surface area contributed by atoms with Gasteiger partial charge in [0.15, 0.2) is 0 Å². The van der Waals surface area contributed by atoms with E-state index in [9.17, 15) is 17.4 Å². The Morgan fingerprint density at radius 2 is 1.73 bits per heavy atom. The van der Waals surface area contributed by atoms with Crippen LogP contribution in [0.15, 0.2) is 42.5 Å². The largest absolute Gasteiger partial charge is 0.416 e. The van der Waals surface area contributed by atoms with E-state index in [0.29, 0.717) is 11.3 Å². The Morgan fingerprint density at radius 1 is 1.00 bits per heavy atom. The quantitative estimate of drug-likeness (QED) is 0.791. The molecule has 0 aromatic heterocycles. The summed E-state index contributed by atoms with van der Waals surface area (Å²) in [5, 5.41) is 0. The molecule has 5 heteroatoms. The monoisotopic (exact) mass is 326 g/mol. The number of hydrogen-bond donors (Lipinski definition) is 0. The second-order valence-electron chi connectivity index (χ2n) is 5.36. The number of aryl methyl sites for hydroxylation is 2. The minimum Gasteiger partial charge on any atom is -0.259 e. The average Bonchev–Trinajstić information content (AvgIpc) is 2.42. The van der Waals surface area contributed by atoms with Crippen LogP contribution in [0.5, 0.6) is 0 Å². The van der Waals surface area contributed by atoms with Crippen LogP contribution >= 0.6 is 0 Å². The fourth-order valence-corrected chi connectivity index (χ4v) is 3.51. The van der Waals surface area contributed by atoms with Crippen molar-refractivity contribution in [1.29, 1.82) is 0 Å². The maximum atomic E-state index is 12.7. The highest BCUT2D eigenvalue weighted by Crippen LogP contribution is 2.29. The third-order valence-corrected chi connectivity index (χ3v) is 4.69. The molecule has 22 heavy (non-hydrogen) atoms. The van der Waals surface area contributed by atoms with Gasteiger partial charge in [-0.05, 0) is 36.6 Å². The van der Waals surface area contributed by atoms with Gasteiger partial charge in [-0.3, -0.25) is 4.21 Å². The highest BCUT2D eigenvalue weighted by molar-refractivity contribution is 7.83. The molecule has 2 aromatic rings. The first-order valence-electron chi connectivity index (χ1n) is 6.83. The zero-order valence-electron chi connectivity index (χ0n) is 12.4. The van der Waals surface area contributed by atoms with Gasteiger partial charge in [-0.15, -0.1) is 0 Å². The highest BCUT2D eigenvalue weighted by atomic mass is 32.2. The molecule has 0 N–H and O–H groups in total. The third kappa shape index (κ3) is 4.44. The molecule has 118 valence electrons. The van der Waals surface area contributed by atoms with Gasteiger partial charge < -0.3 is 0 Å². The Balaban J connectivity index is 2.11. The Labute approximate surface area is 130 Å². The molecule has 0 aliphatic carbocycles. The molecule has 0 heterocycles. The molecule has 0 saturated carbocycles. The standard InChI is InChI=1S/C17H17F3OS/c1-12-6-7-13(2)15(8-12)11-22(21)10-14-4-3-5-16(9-14)17(18,19)20/h3-9H,10-11H2,1-2H3/t22-/m1/s1. The maximum absolute atomic E-state index is 12.7. The van der Waals surface area contributed by atoms with Gasteiger partial charge in [0.25, 0.3) is 0 Å². The van der Waals surface area contributed by atoms with Gasteiger partial charge in [0, 0.05) is 22.3 Å². The lowest BCUT2D eigenvalue weighted by molar-refractivity contribution is -0.137. The number of rotatable bonds is 4. The van der Waals surface area contributed by atoms with E-state index in [4.69, 9.17) is 0 Å². The first-order chi connectivity index (χ1) is 10.3. The normalized spacial score (nSPS) is 13.1. The Hall–Kier alpha value is -1.62. The molecule has 0 saturated heterocycles. The SMILES string of the molecule is Cc1ccc(C)c(C[S@](=O)Cc2cccc(C(F)(F)F)c2)c1. The topological polar surface area (TPSA) is 17.1 Å². The highest BCUT2D eigenvalue weighted by Gasteiger charge is 2.30. The Morgan fingerprint density at radius 3 is 2.41 bits per heavy atom. The van der Waals surface area contributed by atoms with Gasteiger partial charge in [0.2, 0.25) is 0 Å². The fourth-order valence-electron chi connectivity index (χ4n) is 2.20. The van der Waals surface area contributed by atoms with Crippen molar-refractivity contribution in [2.75, 3.05) is 0 Å². The molecule has 0 aliphatic rings. The van der Waals surface area contributed by atoms with E-state index in [1.165, 1.54) is 6.07 Å². The average molecular weight is 326 g/mol. The summed E-state index contributed by atoms with van der Waals surface area (Å²) in [4.78, 5) is 0. The van der Waals surface area contributed by atoms with Crippen LogP contribution in [0.4, 0.5) is 13.2 Å². The van der Waals surface area contributed by atoms with Gasteiger partial charge >= 0.3 is 6.18 Å². The minimum absolute atomic E-state index is 0.122. The smallest absolute Gasteiger partial charge is 0.259 e.